The van der Waals surface area contributed by atoms with Crippen LogP contribution in [0.4, 0.5) is 17.3 Å². The lowest BCUT2D eigenvalue weighted by Crippen LogP contribution is -2.14. The van der Waals surface area contributed by atoms with Crippen molar-refractivity contribution in [3.63, 3.8) is 0 Å². The monoisotopic (exact) mass is 359 g/mol. The third kappa shape index (κ3) is 4.01. The van der Waals surface area contributed by atoms with E-state index in [1.165, 1.54) is 11.3 Å². The summed E-state index contributed by atoms with van der Waals surface area (Å²) in [4.78, 5) is 16.1. The highest BCUT2D eigenvalue weighted by molar-refractivity contribution is 7.15. The van der Waals surface area contributed by atoms with E-state index in [0.29, 0.717) is 17.0 Å². The van der Waals surface area contributed by atoms with Crippen LogP contribution in [0, 0.1) is 13.8 Å². The van der Waals surface area contributed by atoms with Gasteiger partial charge in [-0.25, -0.2) is 15.0 Å². The van der Waals surface area contributed by atoms with E-state index in [9.17, 15) is 0 Å². The first-order chi connectivity index (χ1) is 11.5. The van der Waals surface area contributed by atoms with E-state index in [1.807, 2.05) is 56.1 Å². The number of thiazole rings is 1. The molecule has 0 aliphatic heterocycles. The summed E-state index contributed by atoms with van der Waals surface area (Å²) in [5.41, 5.74) is 4.00. The van der Waals surface area contributed by atoms with Crippen LogP contribution in [0.25, 0.3) is 0 Å². The molecule has 7 heteroatoms. The number of aromatic nitrogens is 3. The molecule has 1 N–H and O–H groups in total. The number of benzene rings is 1. The van der Waals surface area contributed by atoms with Crippen LogP contribution in [-0.4, -0.2) is 22.0 Å². The summed E-state index contributed by atoms with van der Waals surface area (Å²) in [5, 5.41) is 3.36. The smallest absolute Gasteiger partial charge is 0.230 e. The first-order valence-corrected chi connectivity index (χ1v) is 8.71. The summed E-state index contributed by atoms with van der Waals surface area (Å²) in [5.74, 6) is 0.701. The van der Waals surface area contributed by atoms with Gasteiger partial charge in [-0.05, 0) is 44.2 Å². The van der Waals surface area contributed by atoms with Crippen molar-refractivity contribution in [3.8, 4) is 0 Å². The van der Waals surface area contributed by atoms with E-state index in [1.54, 1.807) is 6.20 Å². The second-order valence-electron chi connectivity index (χ2n) is 5.49. The first kappa shape index (κ1) is 16.7. The van der Waals surface area contributed by atoms with Crippen molar-refractivity contribution in [1.29, 1.82) is 0 Å². The molecule has 3 rings (SSSR count). The maximum absolute atomic E-state index is 5.84. The fourth-order valence-electron chi connectivity index (χ4n) is 2.33. The minimum absolute atomic E-state index is 0.567. The van der Waals surface area contributed by atoms with Crippen molar-refractivity contribution in [3.05, 3.63) is 57.3 Å². The Morgan fingerprint density at radius 1 is 1.12 bits per heavy atom. The fraction of sp³-hybridized carbons (Fsp3) is 0.235. The van der Waals surface area contributed by atoms with Crippen LogP contribution in [0.5, 0.6) is 0 Å². The predicted octanol–water partition coefficient (Wildman–Crippen LogP) is 4.58. The van der Waals surface area contributed by atoms with Gasteiger partial charge in [0.15, 0.2) is 4.47 Å². The summed E-state index contributed by atoms with van der Waals surface area (Å²) in [6.45, 7) is 4.66. The molecule has 0 aliphatic rings. The van der Waals surface area contributed by atoms with Gasteiger partial charge in [0.05, 0.1) is 6.54 Å². The molecule has 124 valence electrons. The standard InChI is InChI=1S/C17H18ClN5S/c1-11-8-12(2)22-17(21-11)23(3)14-6-4-13(5-7-14)19-9-15-10-20-16(18)24-15/h4-8,10,19H,9H2,1-3H3. The predicted molar refractivity (Wildman–Crippen MR) is 100 cm³/mol. The molecule has 0 saturated heterocycles. The Labute approximate surface area is 150 Å². The van der Waals surface area contributed by atoms with Crippen LogP contribution in [0.3, 0.4) is 0 Å². The van der Waals surface area contributed by atoms with Crippen molar-refractivity contribution < 1.29 is 0 Å². The number of hydrogen-bond donors (Lipinski definition) is 1. The second-order valence-corrected chi connectivity index (χ2v) is 7.19. The Morgan fingerprint density at radius 2 is 1.79 bits per heavy atom. The van der Waals surface area contributed by atoms with Gasteiger partial charge >= 0.3 is 0 Å². The summed E-state index contributed by atoms with van der Waals surface area (Å²) in [7, 11) is 1.97. The topological polar surface area (TPSA) is 53.9 Å². The molecule has 0 aliphatic carbocycles. The molecule has 0 radical (unpaired) electrons. The highest BCUT2D eigenvalue weighted by atomic mass is 35.5. The quantitative estimate of drug-likeness (QED) is 0.722. The number of nitrogens with zero attached hydrogens (tertiary/aromatic N) is 4. The zero-order chi connectivity index (χ0) is 17.1. The Kier molecular flexibility index (Phi) is 4.97. The van der Waals surface area contributed by atoms with E-state index in [0.717, 1.165) is 27.6 Å². The van der Waals surface area contributed by atoms with Gasteiger partial charge in [-0.3, -0.25) is 0 Å². The normalized spacial score (nSPS) is 10.7. The minimum Gasteiger partial charge on any atom is -0.380 e. The van der Waals surface area contributed by atoms with Crippen LogP contribution < -0.4 is 10.2 Å². The van der Waals surface area contributed by atoms with Gasteiger partial charge in [0.25, 0.3) is 0 Å². The molecule has 2 aromatic heterocycles. The molecule has 0 fully saturated rings. The SMILES string of the molecule is Cc1cc(C)nc(N(C)c2ccc(NCc3cnc(Cl)s3)cc2)n1. The maximum Gasteiger partial charge on any atom is 0.230 e. The fourth-order valence-corrected chi connectivity index (χ4v) is 3.25. The Bertz CT molecular complexity index is 811. The summed E-state index contributed by atoms with van der Waals surface area (Å²) < 4.78 is 0.567. The molecule has 2 heterocycles. The lowest BCUT2D eigenvalue weighted by atomic mass is 10.2. The van der Waals surface area contributed by atoms with Crippen molar-refractivity contribution in [2.24, 2.45) is 0 Å². The highest BCUT2D eigenvalue weighted by Crippen LogP contribution is 2.24. The van der Waals surface area contributed by atoms with Crippen molar-refractivity contribution in [2.45, 2.75) is 20.4 Å². The number of nitrogens with one attached hydrogen (secondary N) is 1. The summed E-state index contributed by atoms with van der Waals surface area (Å²) in [6.07, 6.45) is 1.79. The zero-order valence-corrected chi connectivity index (χ0v) is 15.3. The molecule has 0 saturated carbocycles. The first-order valence-electron chi connectivity index (χ1n) is 7.51. The molecule has 0 amide bonds. The van der Waals surface area contributed by atoms with E-state index in [2.05, 4.69) is 20.3 Å². The molecular weight excluding hydrogens is 342 g/mol. The van der Waals surface area contributed by atoms with Crippen LogP contribution >= 0.6 is 22.9 Å². The van der Waals surface area contributed by atoms with Gasteiger partial charge in [0.1, 0.15) is 0 Å². The Hall–Kier alpha value is -2.18. The Balaban J connectivity index is 1.69. The molecule has 0 spiro atoms. The van der Waals surface area contributed by atoms with Crippen molar-refractivity contribution in [1.82, 2.24) is 15.0 Å². The van der Waals surface area contributed by atoms with Crippen molar-refractivity contribution in [2.75, 3.05) is 17.3 Å². The maximum atomic E-state index is 5.84. The van der Waals surface area contributed by atoms with E-state index in [-0.39, 0.29) is 0 Å². The van der Waals surface area contributed by atoms with Crippen LogP contribution in [0.15, 0.2) is 36.5 Å². The van der Waals surface area contributed by atoms with Crippen molar-refractivity contribution >= 4 is 40.3 Å². The van der Waals surface area contributed by atoms with Gasteiger partial charge < -0.3 is 10.2 Å². The van der Waals surface area contributed by atoms with Crippen LogP contribution in [0.1, 0.15) is 16.3 Å². The highest BCUT2D eigenvalue weighted by Gasteiger charge is 2.08. The Morgan fingerprint density at radius 3 is 2.38 bits per heavy atom. The lowest BCUT2D eigenvalue weighted by Gasteiger charge is -2.18. The minimum atomic E-state index is 0.567. The third-order valence-corrected chi connectivity index (χ3v) is 4.63. The van der Waals surface area contributed by atoms with E-state index >= 15 is 0 Å². The molecule has 0 bridgehead atoms. The van der Waals surface area contributed by atoms with Gasteiger partial charge in [-0.15, -0.1) is 11.3 Å². The molecule has 0 unspecified atom stereocenters. The second kappa shape index (κ2) is 7.15. The molecule has 3 aromatic rings. The summed E-state index contributed by atoms with van der Waals surface area (Å²) >= 11 is 7.32. The molecule has 24 heavy (non-hydrogen) atoms. The molecular formula is C17H18ClN5S. The van der Waals surface area contributed by atoms with Gasteiger partial charge in [0, 0.05) is 40.9 Å². The molecule has 1 aromatic carbocycles. The number of rotatable bonds is 5. The number of aryl methyl sites for hydroxylation is 2. The molecule has 5 nitrogen and oxygen atoms in total. The number of anilines is 3. The zero-order valence-electron chi connectivity index (χ0n) is 13.7. The van der Waals surface area contributed by atoms with Gasteiger partial charge in [-0.2, -0.15) is 0 Å². The van der Waals surface area contributed by atoms with E-state index in [4.69, 9.17) is 11.6 Å². The third-order valence-electron chi connectivity index (χ3n) is 3.52. The average molecular weight is 360 g/mol. The van der Waals surface area contributed by atoms with E-state index < -0.39 is 0 Å². The van der Waals surface area contributed by atoms with Gasteiger partial charge in [0.2, 0.25) is 5.95 Å². The summed E-state index contributed by atoms with van der Waals surface area (Å²) in [6, 6.07) is 10.1. The number of halogens is 1. The van der Waals surface area contributed by atoms with Crippen LogP contribution in [0.2, 0.25) is 4.47 Å². The average Bonchev–Trinajstić information content (AvgIpc) is 2.97. The van der Waals surface area contributed by atoms with Crippen LogP contribution in [-0.2, 0) is 6.54 Å². The lowest BCUT2D eigenvalue weighted by molar-refractivity contribution is 0.986. The van der Waals surface area contributed by atoms with Gasteiger partial charge in [-0.1, -0.05) is 11.6 Å². The number of hydrogen-bond acceptors (Lipinski definition) is 6. The molecule has 0 atom stereocenters. The largest absolute Gasteiger partial charge is 0.380 e.